The van der Waals surface area contributed by atoms with Crippen molar-refractivity contribution in [3.05, 3.63) is 23.2 Å². The number of rotatable bonds is 3. The molecule has 0 amide bonds. The summed E-state index contributed by atoms with van der Waals surface area (Å²) in [5.74, 6) is 3.23. The Labute approximate surface area is 128 Å². The van der Waals surface area contributed by atoms with Gasteiger partial charge in [0, 0.05) is 17.8 Å². The van der Waals surface area contributed by atoms with Gasteiger partial charge in [-0.1, -0.05) is 18.0 Å². The summed E-state index contributed by atoms with van der Waals surface area (Å²) >= 11 is 6.28. The fourth-order valence-electron chi connectivity index (χ4n) is 4.06. The SMILES string of the molecule is Nc1ccc(-c2nnnn2CC2CC3CCC2C3)c(Cl)c1. The molecule has 3 unspecified atom stereocenters. The lowest BCUT2D eigenvalue weighted by Crippen LogP contribution is -2.18. The molecule has 21 heavy (non-hydrogen) atoms. The van der Waals surface area contributed by atoms with Crippen LogP contribution >= 0.6 is 11.6 Å². The Hall–Kier alpha value is -1.62. The van der Waals surface area contributed by atoms with E-state index >= 15 is 0 Å². The van der Waals surface area contributed by atoms with E-state index in [1.165, 1.54) is 25.7 Å². The highest BCUT2D eigenvalue weighted by Gasteiger charge is 2.39. The topological polar surface area (TPSA) is 69.6 Å². The van der Waals surface area contributed by atoms with Crippen LogP contribution in [-0.2, 0) is 6.54 Å². The van der Waals surface area contributed by atoms with E-state index in [4.69, 9.17) is 17.3 Å². The van der Waals surface area contributed by atoms with E-state index in [1.54, 1.807) is 6.07 Å². The van der Waals surface area contributed by atoms with E-state index in [0.717, 1.165) is 29.8 Å². The van der Waals surface area contributed by atoms with E-state index in [1.807, 2.05) is 16.8 Å². The number of hydrogen-bond donors (Lipinski definition) is 1. The Balaban J connectivity index is 1.61. The zero-order valence-corrected chi connectivity index (χ0v) is 12.5. The summed E-state index contributed by atoms with van der Waals surface area (Å²) in [6.07, 6.45) is 5.49. The monoisotopic (exact) mass is 303 g/mol. The zero-order chi connectivity index (χ0) is 14.4. The molecule has 0 saturated heterocycles. The van der Waals surface area contributed by atoms with Crippen molar-refractivity contribution in [1.82, 2.24) is 20.2 Å². The quantitative estimate of drug-likeness (QED) is 0.885. The molecule has 110 valence electrons. The van der Waals surface area contributed by atoms with E-state index < -0.39 is 0 Å². The normalized spacial score (nSPS) is 27.4. The third-order valence-electron chi connectivity index (χ3n) is 5.06. The highest BCUT2D eigenvalue weighted by molar-refractivity contribution is 6.33. The summed E-state index contributed by atoms with van der Waals surface area (Å²) in [6.45, 7) is 0.893. The van der Waals surface area contributed by atoms with E-state index in [2.05, 4.69) is 15.5 Å². The van der Waals surface area contributed by atoms with Gasteiger partial charge in [-0.15, -0.1) is 5.10 Å². The number of benzene rings is 1. The van der Waals surface area contributed by atoms with Gasteiger partial charge in [-0.05, 0) is 65.6 Å². The average Bonchev–Trinajstić information content (AvgIpc) is 3.15. The van der Waals surface area contributed by atoms with Crippen LogP contribution in [0.2, 0.25) is 5.02 Å². The zero-order valence-electron chi connectivity index (χ0n) is 11.7. The molecule has 2 bridgehead atoms. The van der Waals surface area contributed by atoms with Crippen molar-refractivity contribution in [3.63, 3.8) is 0 Å². The molecule has 2 aliphatic carbocycles. The predicted molar refractivity (Wildman–Crippen MR) is 81.6 cm³/mol. The number of fused-ring (bicyclic) bond motifs is 2. The van der Waals surface area contributed by atoms with Gasteiger partial charge in [0.05, 0.1) is 5.02 Å². The second kappa shape index (κ2) is 4.98. The molecule has 4 rings (SSSR count). The summed E-state index contributed by atoms with van der Waals surface area (Å²) in [7, 11) is 0. The van der Waals surface area contributed by atoms with E-state index in [0.29, 0.717) is 16.6 Å². The van der Waals surface area contributed by atoms with Crippen molar-refractivity contribution in [2.45, 2.75) is 32.2 Å². The maximum Gasteiger partial charge on any atom is 0.183 e. The third kappa shape index (κ3) is 2.29. The smallest absolute Gasteiger partial charge is 0.183 e. The first-order valence-electron chi connectivity index (χ1n) is 7.52. The largest absolute Gasteiger partial charge is 0.399 e. The van der Waals surface area contributed by atoms with Crippen LogP contribution < -0.4 is 5.73 Å². The predicted octanol–water partition coefficient (Wildman–Crippen LogP) is 3.01. The number of nitrogens with two attached hydrogens (primary N) is 1. The van der Waals surface area contributed by atoms with Gasteiger partial charge in [-0.25, -0.2) is 4.68 Å². The summed E-state index contributed by atoms with van der Waals surface area (Å²) in [5, 5.41) is 12.8. The van der Waals surface area contributed by atoms with Crippen LogP contribution in [0, 0.1) is 17.8 Å². The van der Waals surface area contributed by atoms with Crippen LogP contribution in [0.3, 0.4) is 0 Å². The van der Waals surface area contributed by atoms with Crippen LogP contribution in [0.4, 0.5) is 5.69 Å². The average molecular weight is 304 g/mol. The van der Waals surface area contributed by atoms with Crippen LogP contribution in [0.5, 0.6) is 0 Å². The lowest BCUT2D eigenvalue weighted by atomic mass is 9.89. The second-order valence-electron chi connectivity index (χ2n) is 6.36. The molecule has 0 spiro atoms. The summed E-state index contributed by atoms with van der Waals surface area (Å²) in [5.41, 5.74) is 7.24. The summed E-state index contributed by atoms with van der Waals surface area (Å²) < 4.78 is 1.91. The minimum absolute atomic E-state index is 0.596. The Morgan fingerprint density at radius 2 is 2.19 bits per heavy atom. The molecular weight excluding hydrogens is 286 g/mol. The molecule has 0 aliphatic heterocycles. The van der Waals surface area contributed by atoms with Gasteiger partial charge in [0.2, 0.25) is 0 Å². The van der Waals surface area contributed by atoms with Gasteiger partial charge in [-0.3, -0.25) is 0 Å². The van der Waals surface area contributed by atoms with Gasteiger partial charge >= 0.3 is 0 Å². The number of aromatic nitrogens is 4. The fourth-order valence-corrected chi connectivity index (χ4v) is 4.33. The van der Waals surface area contributed by atoms with Crippen molar-refractivity contribution in [2.75, 3.05) is 5.73 Å². The van der Waals surface area contributed by atoms with Gasteiger partial charge in [0.1, 0.15) is 0 Å². The first kappa shape index (κ1) is 13.1. The van der Waals surface area contributed by atoms with Crippen molar-refractivity contribution in [3.8, 4) is 11.4 Å². The number of hydrogen-bond acceptors (Lipinski definition) is 4. The van der Waals surface area contributed by atoms with Crippen LogP contribution in [0.15, 0.2) is 18.2 Å². The fraction of sp³-hybridized carbons (Fsp3) is 0.533. The van der Waals surface area contributed by atoms with Gasteiger partial charge in [-0.2, -0.15) is 0 Å². The van der Waals surface area contributed by atoms with E-state index in [-0.39, 0.29) is 0 Å². The van der Waals surface area contributed by atoms with Crippen molar-refractivity contribution in [2.24, 2.45) is 17.8 Å². The summed E-state index contributed by atoms with van der Waals surface area (Å²) in [4.78, 5) is 0. The first-order valence-corrected chi connectivity index (χ1v) is 7.90. The Kier molecular flexibility index (Phi) is 3.10. The number of nitrogens with zero attached hydrogens (tertiary/aromatic N) is 4. The first-order chi connectivity index (χ1) is 10.2. The number of nitrogen functional groups attached to an aromatic ring is 1. The van der Waals surface area contributed by atoms with E-state index in [9.17, 15) is 0 Å². The molecule has 1 heterocycles. The lowest BCUT2D eigenvalue weighted by molar-refractivity contribution is 0.284. The number of halogens is 1. The molecule has 2 N–H and O–H groups in total. The molecule has 1 aromatic carbocycles. The number of tetrazole rings is 1. The highest BCUT2D eigenvalue weighted by atomic mass is 35.5. The molecular formula is C15H18ClN5. The molecule has 2 aromatic rings. The van der Waals surface area contributed by atoms with Crippen LogP contribution in [0.1, 0.15) is 25.7 Å². The molecule has 1 aromatic heterocycles. The molecule has 3 atom stereocenters. The minimum atomic E-state index is 0.596. The summed E-state index contributed by atoms with van der Waals surface area (Å²) in [6, 6.07) is 5.46. The molecule has 5 nitrogen and oxygen atoms in total. The Bertz CT molecular complexity index is 668. The van der Waals surface area contributed by atoms with Crippen molar-refractivity contribution < 1.29 is 0 Å². The van der Waals surface area contributed by atoms with Crippen LogP contribution in [-0.4, -0.2) is 20.2 Å². The standard InChI is InChI=1S/C15H18ClN5/c16-14-7-12(17)3-4-13(14)15-18-19-20-21(15)8-11-6-9-1-2-10(11)5-9/h3-4,7,9-11H,1-2,5-6,8,17H2. The maximum absolute atomic E-state index is 6.28. The van der Waals surface area contributed by atoms with Crippen molar-refractivity contribution >= 4 is 17.3 Å². The molecule has 2 aliphatic rings. The lowest BCUT2D eigenvalue weighted by Gasteiger charge is -2.21. The minimum Gasteiger partial charge on any atom is -0.399 e. The molecule has 2 fully saturated rings. The van der Waals surface area contributed by atoms with Gasteiger partial charge < -0.3 is 5.73 Å². The van der Waals surface area contributed by atoms with Gasteiger partial charge in [0.25, 0.3) is 0 Å². The van der Waals surface area contributed by atoms with Crippen LogP contribution in [0.25, 0.3) is 11.4 Å². The molecule has 2 saturated carbocycles. The highest BCUT2D eigenvalue weighted by Crippen LogP contribution is 2.49. The Morgan fingerprint density at radius 1 is 1.29 bits per heavy atom. The molecule has 6 heteroatoms. The third-order valence-corrected chi connectivity index (χ3v) is 5.37. The molecule has 0 radical (unpaired) electrons. The van der Waals surface area contributed by atoms with Gasteiger partial charge in [0.15, 0.2) is 5.82 Å². The Morgan fingerprint density at radius 3 is 2.90 bits per heavy atom. The number of anilines is 1. The second-order valence-corrected chi connectivity index (χ2v) is 6.77. The van der Waals surface area contributed by atoms with Crippen molar-refractivity contribution in [1.29, 1.82) is 0 Å². The maximum atomic E-state index is 6.28.